The van der Waals surface area contributed by atoms with E-state index in [9.17, 15) is 4.79 Å². The van der Waals surface area contributed by atoms with Crippen molar-refractivity contribution >= 4 is 5.97 Å². The monoisotopic (exact) mass is 183 g/mol. The zero-order valence-electron chi connectivity index (χ0n) is 6.64. The Balaban J connectivity index is 3.03. The van der Waals surface area contributed by atoms with Gasteiger partial charge in [-0.1, -0.05) is 6.07 Å². The van der Waals surface area contributed by atoms with Crippen molar-refractivity contribution in [3.8, 4) is 11.5 Å². The number of aliphatic carboxylic acids is 1. The number of carbonyl (C=O) groups is 1. The topological polar surface area (TPSA) is 104 Å². The van der Waals surface area contributed by atoms with Crippen LogP contribution in [0.5, 0.6) is 11.5 Å². The lowest BCUT2D eigenvalue weighted by molar-refractivity contribution is -0.138. The predicted molar refractivity (Wildman–Crippen MR) is 44.3 cm³/mol. The summed E-state index contributed by atoms with van der Waals surface area (Å²) in [6.07, 6.45) is 0. The van der Waals surface area contributed by atoms with Crippen LogP contribution in [-0.2, 0) is 4.79 Å². The van der Waals surface area contributed by atoms with Crippen LogP contribution in [-0.4, -0.2) is 21.3 Å². The quantitative estimate of drug-likeness (QED) is 0.490. The Morgan fingerprint density at radius 2 is 1.92 bits per heavy atom. The number of rotatable bonds is 2. The van der Waals surface area contributed by atoms with Crippen LogP contribution in [0.15, 0.2) is 18.2 Å². The van der Waals surface area contributed by atoms with Gasteiger partial charge in [-0.25, -0.2) is 0 Å². The highest BCUT2D eigenvalue weighted by molar-refractivity contribution is 5.75. The summed E-state index contributed by atoms with van der Waals surface area (Å²) < 4.78 is 0. The van der Waals surface area contributed by atoms with Gasteiger partial charge in [0, 0.05) is 0 Å². The molecule has 1 aromatic rings. The maximum Gasteiger partial charge on any atom is 0.325 e. The maximum absolute atomic E-state index is 10.4. The van der Waals surface area contributed by atoms with E-state index in [1.165, 1.54) is 12.1 Å². The van der Waals surface area contributed by atoms with Gasteiger partial charge < -0.3 is 21.1 Å². The summed E-state index contributed by atoms with van der Waals surface area (Å²) in [4.78, 5) is 10.4. The molecule has 0 heterocycles. The van der Waals surface area contributed by atoms with Crippen molar-refractivity contribution in [2.75, 3.05) is 0 Å². The van der Waals surface area contributed by atoms with Crippen LogP contribution in [0.2, 0.25) is 0 Å². The van der Waals surface area contributed by atoms with E-state index in [0.29, 0.717) is 0 Å². The average Bonchev–Trinajstić information content (AvgIpc) is 2.08. The summed E-state index contributed by atoms with van der Waals surface area (Å²) in [6, 6.07) is 2.46. The summed E-state index contributed by atoms with van der Waals surface area (Å²) in [5.41, 5.74) is 5.50. The molecule has 0 unspecified atom stereocenters. The Labute approximate surface area is 74.0 Å². The van der Waals surface area contributed by atoms with Gasteiger partial charge in [0.05, 0.1) is 0 Å². The summed E-state index contributed by atoms with van der Waals surface area (Å²) >= 11 is 0. The van der Waals surface area contributed by atoms with E-state index < -0.39 is 12.0 Å². The Bertz CT molecular complexity index is 337. The van der Waals surface area contributed by atoms with Crippen molar-refractivity contribution in [3.63, 3.8) is 0 Å². The fourth-order valence-electron chi connectivity index (χ4n) is 0.876. The van der Waals surface area contributed by atoms with Crippen LogP contribution in [0.25, 0.3) is 0 Å². The molecule has 0 fully saturated rings. The third kappa shape index (κ3) is 1.88. The molecule has 0 aliphatic carbocycles. The number of nitrogens with two attached hydrogens (primary N) is 1. The zero-order chi connectivity index (χ0) is 10.0. The van der Waals surface area contributed by atoms with Gasteiger partial charge in [0.1, 0.15) is 6.04 Å². The molecular formula is C8H9NO4. The van der Waals surface area contributed by atoms with Crippen LogP contribution in [0, 0.1) is 0 Å². The van der Waals surface area contributed by atoms with Crippen molar-refractivity contribution in [3.05, 3.63) is 23.8 Å². The van der Waals surface area contributed by atoms with Crippen molar-refractivity contribution in [2.45, 2.75) is 6.04 Å². The first kappa shape index (κ1) is 9.34. The Kier molecular flexibility index (Phi) is 2.39. The summed E-state index contributed by atoms with van der Waals surface area (Å²) in [7, 11) is 0. The molecule has 1 atom stereocenters. The lowest BCUT2D eigenvalue weighted by Crippen LogP contribution is -2.20. The molecule has 0 aliphatic heterocycles. The minimum atomic E-state index is -1.19. The Hall–Kier alpha value is -1.75. The van der Waals surface area contributed by atoms with Crippen molar-refractivity contribution in [1.29, 1.82) is 0 Å². The molecule has 1 aromatic carbocycles. The number of carboxylic acids is 1. The molecule has 70 valence electrons. The maximum atomic E-state index is 10.4. The highest BCUT2D eigenvalue weighted by Gasteiger charge is 2.15. The minimum absolute atomic E-state index is 0.239. The van der Waals surface area contributed by atoms with Gasteiger partial charge in [-0.3, -0.25) is 4.79 Å². The molecule has 0 saturated heterocycles. The van der Waals surface area contributed by atoms with Gasteiger partial charge in [-0.15, -0.1) is 0 Å². The molecule has 13 heavy (non-hydrogen) atoms. The smallest absolute Gasteiger partial charge is 0.325 e. The van der Waals surface area contributed by atoms with E-state index in [-0.39, 0.29) is 17.1 Å². The van der Waals surface area contributed by atoms with Crippen LogP contribution in [0.3, 0.4) is 0 Å². The number of phenols is 2. The first-order chi connectivity index (χ1) is 6.02. The van der Waals surface area contributed by atoms with E-state index in [1.54, 1.807) is 0 Å². The standard InChI is InChI=1S/C8H9NO4/c9-7(8(12)13)4-1-2-5(10)6(11)3-4/h1-3,7,10-11H,9H2,(H,12,13)/t7-/m0/s1. The van der Waals surface area contributed by atoms with E-state index in [1.807, 2.05) is 0 Å². The SMILES string of the molecule is N[C@H](C(=O)O)c1ccc(O)c(O)c1. The number of hydrogen-bond acceptors (Lipinski definition) is 4. The fourth-order valence-corrected chi connectivity index (χ4v) is 0.876. The highest BCUT2D eigenvalue weighted by atomic mass is 16.4. The fraction of sp³-hybridized carbons (Fsp3) is 0.125. The number of carboxylic acid groups (broad SMARTS) is 1. The third-order valence-corrected chi connectivity index (χ3v) is 1.62. The molecule has 5 nitrogen and oxygen atoms in total. The second-order valence-corrected chi connectivity index (χ2v) is 2.56. The molecule has 0 saturated carbocycles. The Morgan fingerprint density at radius 1 is 1.31 bits per heavy atom. The first-order valence-electron chi connectivity index (χ1n) is 3.52. The lowest BCUT2D eigenvalue weighted by Gasteiger charge is -2.07. The molecule has 0 amide bonds. The Morgan fingerprint density at radius 3 is 2.38 bits per heavy atom. The van der Waals surface area contributed by atoms with Gasteiger partial charge >= 0.3 is 5.97 Å². The molecule has 0 aromatic heterocycles. The second kappa shape index (κ2) is 3.32. The van der Waals surface area contributed by atoms with Crippen LogP contribution >= 0.6 is 0 Å². The van der Waals surface area contributed by atoms with Crippen molar-refractivity contribution < 1.29 is 20.1 Å². The van der Waals surface area contributed by atoms with Crippen LogP contribution in [0.1, 0.15) is 11.6 Å². The van der Waals surface area contributed by atoms with Crippen molar-refractivity contribution in [2.24, 2.45) is 5.73 Å². The molecule has 0 radical (unpaired) electrons. The van der Waals surface area contributed by atoms with Gasteiger partial charge in [0.15, 0.2) is 11.5 Å². The summed E-state index contributed by atoms with van der Waals surface area (Å²) in [5, 5.41) is 26.5. The largest absolute Gasteiger partial charge is 0.504 e. The number of phenolic OH excluding ortho intramolecular Hbond substituents is 2. The normalized spacial score (nSPS) is 12.4. The van der Waals surface area contributed by atoms with E-state index >= 15 is 0 Å². The van der Waals surface area contributed by atoms with Crippen LogP contribution in [0.4, 0.5) is 0 Å². The first-order valence-corrected chi connectivity index (χ1v) is 3.52. The number of aromatic hydroxyl groups is 2. The molecule has 5 N–H and O–H groups in total. The average molecular weight is 183 g/mol. The van der Waals surface area contributed by atoms with Gasteiger partial charge in [0.25, 0.3) is 0 Å². The molecule has 5 heteroatoms. The van der Waals surface area contributed by atoms with E-state index in [0.717, 1.165) is 6.07 Å². The summed E-state index contributed by atoms with van der Waals surface area (Å²) in [6.45, 7) is 0. The molecule has 0 aliphatic rings. The predicted octanol–water partition coefficient (Wildman–Crippen LogP) is 0.182. The highest BCUT2D eigenvalue weighted by Crippen LogP contribution is 2.26. The third-order valence-electron chi connectivity index (χ3n) is 1.62. The number of benzene rings is 1. The van der Waals surface area contributed by atoms with E-state index in [2.05, 4.69) is 0 Å². The number of hydrogen-bond donors (Lipinski definition) is 4. The lowest BCUT2D eigenvalue weighted by atomic mass is 10.1. The molecular weight excluding hydrogens is 174 g/mol. The zero-order valence-corrected chi connectivity index (χ0v) is 6.64. The van der Waals surface area contributed by atoms with Gasteiger partial charge in [0.2, 0.25) is 0 Å². The molecule has 0 spiro atoms. The second-order valence-electron chi connectivity index (χ2n) is 2.56. The van der Waals surface area contributed by atoms with Gasteiger partial charge in [-0.05, 0) is 17.7 Å². The summed E-state index contributed by atoms with van der Waals surface area (Å²) in [5.74, 6) is -1.87. The van der Waals surface area contributed by atoms with Crippen LogP contribution < -0.4 is 5.73 Å². The van der Waals surface area contributed by atoms with Gasteiger partial charge in [-0.2, -0.15) is 0 Å². The molecule has 0 bridgehead atoms. The minimum Gasteiger partial charge on any atom is -0.504 e. The molecule has 1 rings (SSSR count). The van der Waals surface area contributed by atoms with E-state index in [4.69, 9.17) is 21.1 Å². The van der Waals surface area contributed by atoms with Crippen molar-refractivity contribution in [1.82, 2.24) is 0 Å².